The molecule has 7 nitrogen and oxygen atoms in total. The summed E-state index contributed by atoms with van der Waals surface area (Å²) in [5.74, 6) is 0.429. The zero-order chi connectivity index (χ0) is 15.7. The van der Waals surface area contributed by atoms with Crippen molar-refractivity contribution >= 4 is 10.0 Å². The summed E-state index contributed by atoms with van der Waals surface area (Å²) in [6.07, 6.45) is 1.57. The molecule has 0 unspecified atom stereocenters. The molecule has 2 rings (SSSR count). The van der Waals surface area contributed by atoms with E-state index in [1.54, 1.807) is 18.3 Å². The fourth-order valence-electron chi connectivity index (χ4n) is 2.24. The SMILES string of the molecule is CN(C)CC(C)(C)NS(=O)(=O)c1ccc(-c2ccn[nH]2)o1. The molecule has 0 aliphatic carbocycles. The van der Waals surface area contributed by atoms with Crippen LogP contribution in [0.2, 0.25) is 0 Å². The molecule has 21 heavy (non-hydrogen) atoms. The van der Waals surface area contributed by atoms with Crippen LogP contribution in [0.5, 0.6) is 0 Å². The Kier molecular flexibility index (Phi) is 4.22. The zero-order valence-electron chi connectivity index (χ0n) is 12.5. The summed E-state index contributed by atoms with van der Waals surface area (Å²) in [4.78, 5) is 1.92. The van der Waals surface area contributed by atoms with Crippen LogP contribution < -0.4 is 4.72 Å². The molecule has 0 atom stereocenters. The van der Waals surface area contributed by atoms with Crippen molar-refractivity contribution in [1.29, 1.82) is 0 Å². The fourth-order valence-corrected chi connectivity index (χ4v) is 3.58. The molecule has 8 heteroatoms. The summed E-state index contributed by atoms with van der Waals surface area (Å²) in [5.41, 5.74) is 0.0208. The summed E-state index contributed by atoms with van der Waals surface area (Å²) in [5, 5.41) is 6.42. The molecule has 0 fully saturated rings. The molecule has 0 radical (unpaired) electrons. The smallest absolute Gasteiger partial charge is 0.274 e. The van der Waals surface area contributed by atoms with Crippen LogP contribution in [-0.4, -0.2) is 49.7 Å². The van der Waals surface area contributed by atoms with Gasteiger partial charge in [-0.3, -0.25) is 5.10 Å². The predicted octanol–water partition coefficient (Wildman–Crippen LogP) is 1.29. The van der Waals surface area contributed by atoms with Gasteiger partial charge < -0.3 is 9.32 Å². The predicted molar refractivity (Wildman–Crippen MR) is 79.2 cm³/mol. The first kappa shape index (κ1) is 15.7. The van der Waals surface area contributed by atoms with E-state index in [0.717, 1.165) is 0 Å². The van der Waals surface area contributed by atoms with Gasteiger partial charge in [0.15, 0.2) is 5.76 Å². The molecule has 2 heterocycles. The Morgan fingerprint density at radius 2 is 2.05 bits per heavy atom. The fraction of sp³-hybridized carbons (Fsp3) is 0.462. The van der Waals surface area contributed by atoms with Crippen molar-refractivity contribution in [2.24, 2.45) is 0 Å². The number of likely N-dealkylation sites (N-methyl/N-ethyl adjacent to an activating group) is 1. The van der Waals surface area contributed by atoms with Gasteiger partial charge in [-0.15, -0.1) is 0 Å². The van der Waals surface area contributed by atoms with Crippen molar-refractivity contribution in [3.05, 3.63) is 24.4 Å². The Morgan fingerprint density at radius 1 is 1.33 bits per heavy atom. The second-order valence-electron chi connectivity index (χ2n) is 5.82. The van der Waals surface area contributed by atoms with Crippen molar-refractivity contribution in [3.8, 4) is 11.5 Å². The van der Waals surface area contributed by atoms with E-state index in [2.05, 4.69) is 14.9 Å². The number of nitrogens with one attached hydrogen (secondary N) is 2. The zero-order valence-corrected chi connectivity index (χ0v) is 13.4. The number of sulfonamides is 1. The monoisotopic (exact) mass is 312 g/mol. The molecular formula is C13H20N4O3S. The van der Waals surface area contributed by atoms with E-state index in [0.29, 0.717) is 18.0 Å². The highest BCUT2D eigenvalue weighted by Gasteiger charge is 2.29. The van der Waals surface area contributed by atoms with Crippen molar-refractivity contribution in [1.82, 2.24) is 19.8 Å². The first-order chi connectivity index (χ1) is 9.70. The molecule has 2 aromatic rings. The molecule has 2 N–H and O–H groups in total. The van der Waals surface area contributed by atoms with Gasteiger partial charge in [-0.1, -0.05) is 0 Å². The minimum absolute atomic E-state index is 0.112. The van der Waals surface area contributed by atoms with Crippen molar-refractivity contribution in [2.45, 2.75) is 24.5 Å². The largest absolute Gasteiger partial charge is 0.442 e. The van der Waals surface area contributed by atoms with Gasteiger partial charge in [0.1, 0.15) is 5.69 Å². The average molecular weight is 312 g/mol. The van der Waals surface area contributed by atoms with Crippen LogP contribution in [0.3, 0.4) is 0 Å². The summed E-state index contributed by atoms with van der Waals surface area (Å²) in [7, 11) is 0.0649. The Hall–Kier alpha value is -1.64. The first-order valence-corrected chi connectivity index (χ1v) is 7.96. The van der Waals surface area contributed by atoms with E-state index in [4.69, 9.17) is 4.42 Å². The normalized spacial score (nSPS) is 13.0. The van der Waals surface area contributed by atoms with E-state index >= 15 is 0 Å². The summed E-state index contributed by atoms with van der Waals surface area (Å²) in [6, 6.07) is 4.74. The number of aromatic amines is 1. The quantitative estimate of drug-likeness (QED) is 0.838. The molecule has 0 aliphatic rings. The van der Waals surface area contributed by atoms with Crippen LogP contribution in [0.1, 0.15) is 13.8 Å². The highest BCUT2D eigenvalue weighted by molar-refractivity contribution is 7.89. The Balaban J connectivity index is 2.21. The van der Waals surface area contributed by atoms with Crippen molar-refractivity contribution < 1.29 is 12.8 Å². The van der Waals surface area contributed by atoms with E-state index < -0.39 is 15.6 Å². The first-order valence-electron chi connectivity index (χ1n) is 6.48. The van der Waals surface area contributed by atoms with Crippen LogP contribution in [0, 0.1) is 0 Å². The van der Waals surface area contributed by atoms with Gasteiger partial charge in [-0.25, -0.2) is 13.1 Å². The number of aromatic nitrogens is 2. The van der Waals surface area contributed by atoms with Gasteiger partial charge >= 0.3 is 0 Å². The number of rotatable bonds is 6. The van der Waals surface area contributed by atoms with Gasteiger partial charge in [0, 0.05) is 18.3 Å². The molecule has 0 saturated carbocycles. The molecule has 0 amide bonds. The van der Waals surface area contributed by atoms with Gasteiger partial charge in [0.2, 0.25) is 5.09 Å². The number of hydrogen-bond donors (Lipinski definition) is 2. The molecule has 0 spiro atoms. The van der Waals surface area contributed by atoms with Crippen LogP contribution in [0.25, 0.3) is 11.5 Å². The Morgan fingerprint density at radius 3 is 2.62 bits per heavy atom. The minimum atomic E-state index is -3.71. The lowest BCUT2D eigenvalue weighted by Crippen LogP contribution is -2.49. The van der Waals surface area contributed by atoms with E-state index in [1.165, 1.54) is 6.07 Å². The van der Waals surface area contributed by atoms with E-state index in [1.807, 2.05) is 32.8 Å². The topological polar surface area (TPSA) is 91.2 Å². The van der Waals surface area contributed by atoms with Crippen LogP contribution in [-0.2, 0) is 10.0 Å². The van der Waals surface area contributed by atoms with Crippen LogP contribution >= 0.6 is 0 Å². The van der Waals surface area contributed by atoms with Gasteiger partial charge in [0.25, 0.3) is 10.0 Å². The van der Waals surface area contributed by atoms with E-state index in [9.17, 15) is 8.42 Å². The minimum Gasteiger partial charge on any atom is -0.442 e. The second-order valence-corrected chi connectivity index (χ2v) is 7.43. The lowest BCUT2D eigenvalue weighted by atomic mass is 10.1. The molecule has 0 bridgehead atoms. The van der Waals surface area contributed by atoms with Crippen molar-refractivity contribution in [2.75, 3.05) is 20.6 Å². The lowest BCUT2D eigenvalue weighted by Gasteiger charge is -2.28. The Bertz CT molecular complexity index is 687. The number of furan rings is 1. The average Bonchev–Trinajstić information content (AvgIpc) is 2.97. The van der Waals surface area contributed by atoms with Crippen LogP contribution in [0.4, 0.5) is 0 Å². The lowest BCUT2D eigenvalue weighted by molar-refractivity contribution is 0.296. The Labute approximate surface area is 124 Å². The number of nitrogens with zero attached hydrogens (tertiary/aromatic N) is 2. The third-order valence-corrected chi connectivity index (χ3v) is 4.31. The highest BCUT2D eigenvalue weighted by atomic mass is 32.2. The van der Waals surface area contributed by atoms with Crippen LogP contribution in [0.15, 0.2) is 33.9 Å². The van der Waals surface area contributed by atoms with Gasteiger partial charge in [-0.05, 0) is 46.1 Å². The van der Waals surface area contributed by atoms with Gasteiger partial charge in [0.05, 0.1) is 0 Å². The maximum Gasteiger partial charge on any atom is 0.274 e. The molecule has 116 valence electrons. The highest BCUT2D eigenvalue weighted by Crippen LogP contribution is 2.23. The molecule has 0 aromatic carbocycles. The number of hydrogen-bond acceptors (Lipinski definition) is 5. The van der Waals surface area contributed by atoms with E-state index in [-0.39, 0.29) is 5.09 Å². The molecular weight excluding hydrogens is 292 g/mol. The molecule has 2 aromatic heterocycles. The summed E-state index contributed by atoms with van der Waals surface area (Å²) >= 11 is 0. The third kappa shape index (κ3) is 3.93. The van der Waals surface area contributed by atoms with Gasteiger partial charge in [-0.2, -0.15) is 5.10 Å². The standard InChI is InChI=1S/C13H20N4O3S/c1-13(2,9-17(3)4)16-21(18,19)12-6-5-11(20-12)10-7-8-14-15-10/h5-8,16H,9H2,1-4H3,(H,14,15). The third-order valence-electron chi connectivity index (χ3n) is 2.73. The maximum atomic E-state index is 12.4. The summed E-state index contributed by atoms with van der Waals surface area (Å²) < 4.78 is 32.8. The second kappa shape index (κ2) is 5.63. The molecule has 0 aliphatic heterocycles. The van der Waals surface area contributed by atoms with Crippen molar-refractivity contribution in [3.63, 3.8) is 0 Å². The molecule has 0 saturated heterocycles. The maximum absolute atomic E-state index is 12.4. The number of H-pyrrole nitrogens is 1. The summed E-state index contributed by atoms with van der Waals surface area (Å²) in [6.45, 7) is 4.22.